The number of primary amides is 1. The van der Waals surface area contributed by atoms with Crippen LogP contribution in [0.5, 0.6) is 0 Å². The highest BCUT2D eigenvalue weighted by molar-refractivity contribution is 7.71. The second-order valence-corrected chi connectivity index (χ2v) is 8.59. The van der Waals surface area contributed by atoms with Crippen LogP contribution < -0.4 is 5.73 Å². The molecule has 28 heavy (non-hydrogen) atoms. The molecule has 2 aromatic rings. The Morgan fingerprint density at radius 3 is 2.39 bits per heavy atom. The lowest BCUT2D eigenvalue weighted by atomic mass is 10.0. The van der Waals surface area contributed by atoms with Crippen molar-refractivity contribution in [3.05, 3.63) is 46.0 Å². The molecule has 0 aliphatic heterocycles. The van der Waals surface area contributed by atoms with Crippen LogP contribution in [0.4, 0.5) is 0 Å². The van der Waals surface area contributed by atoms with Gasteiger partial charge in [-0.05, 0) is 42.2 Å². The molecule has 0 aliphatic carbocycles. The highest BCUT2D eigenvalue weighted by Gasteiger charge is 2.14. The van der Waals surface area contributed by atoms with Crippen molar-refractivity contribution >= 4 is 18.1 Å². The summed E-state index contributed by atoms with van der Waals surface area (Å²) >= 11 is 5.66. The van der Waals surface area contributed by atoms with E-state index in [0.29, 0.717) is 29.7 Å². The summed E-state index contributed by atoms with van der Waals surface area (Å²) in [6.45, 7) is 10.9. The average molecular weight is 404 g/mol. The van der Waals surface area contributed by atoms with Crippen molar-refractivity contribution in [3.8, 4) is 0 Å². The van der Waals surface area contributed by atoms with Gasteiger partial charge in [-0.3, -0.25) is 9.69 Å². The fraction of sp³-hybridized carbons (Fsp3) is 0.571. The molecule has 0 atom stereocenters. The van der Waals surface area contributed by atoms with Crippen molar-refractivity contribution in [2.24, 2.45) is 11.7 Å². The maximum Gasteiger partial charge on any atom is 0.217 e. The second-order valence-electron chi connectivity index (χ2n) is 8.22. The van der Waals surface area contributed by atoms with Crippen molar-refractivity contribution < 1.29 is 4.79 Å². The Morgan fingerprint density at radius 1 is 1.21 bits per heavy atom. The summed E-state index contributed by atoms with van der Waals surface area (Å²) in [7, 11) is 2.06. The molecule has 154 valence electrons. The highest BCUT2D eigenvalue weighted by atomic mass is 32.1. The number of aryl methyl sites for hydroxylation is 1. The molecule has 1 aromatic heterocycles. The Morgan fingerprint density at radius 2 is 1.86 bits per heavy atom. The number of rotatable bonds is 10. The van der Waals surface area contributed by atoms with Gasteiger partial charge in [-0.25, -0.2) is 4.68 Å². The second kappa shape index (κ2) is 9.98. The third-order valence-corrected chi connectivity index (χ3v) is 5.05. The average Bonchev–Trinajstić information content (AvgIpc) is 2.88. The maximum atomic E-state index is 11.2. The zero-order valence-electron chi connectivity index (χ0n) is 17.7. The molecule has 1 heterocycles. The molecule has 1 aromatic carbocycles. The van der Waals surface area contributed by atoms with Crippen molar-refractivity contribution in [1.82, 2.24) is 19.2 Å². The van der Waals surface area contributed by atoms with Gasteiger partial charge < -0.3 is 10.3 Å². The van der Waals surface area contributed by atoms with Crippen LogP contribution in [0.2, 0.25) is 0 Å². The lowest BCUT2D eigenvalue weighted by Gasteiger charge is -2.17. The summed E-state index contributed by atoms with van der Waals surface area (Å²) in [6.07, 6.45) is 0.793. The minimum Gasteiger partial charge on any atom is -0.370 e. The predicted molar refractivity (Wildman–Crippen MR) is 115 cm³/mol. The summed E-state index contributed by atoms with van der Waals surface area (Å²) in [5.41, 5.74) is 7.92. The van der Waals surface area contributed by atoms with E-state index in [4.69, 9.17) is 18.0 Å². The normalized spacial score (nSPS) is 11.7. The van der Waals surface area contributed by atoms with Crippen molar-refractivity contribution in [3.63, 3.8) is 0 Å². The zero-order chi connectivity index (χ0) is 20.8. The first kappa shape index (κ1) is 22.3. The largest absolute Gasteiger partial charge is 0.370 e. The van der Waals surface area contributed by atoms with Gasteiger partial charge in [0.15, 0.2) is 4.77 Å². The van der Waals surface area contributed by atoms with Gasteiger partial charge >= 0.3 is 0 Å². The van der Waals surface area contributed by atoms with Crippen molar-refractivity contribution in [2.75, 3.05) is 7.05 Å². The van der Waals surface area contributed by atoms with Crippen LogP contribution in [0, 0.1) is 10.7 Å². The van der Waals surface area contributed by atoms with Gasteiger partial charge in [-0.2, -0.15) is 5.10 Å². The molecule has 6 nitrogen and oxygen atoms in total. The van der Waals surface area contributed by atoms with E-state index in [-0.39, 0.29) is 12.3 Å². The van der Waals surface area contributed by atoms with E-state index in [2.05, 4.69) is 69.0 Å². The van der Waals surface area contributed by atoms with E-state index in [9.17, 15) is 4.79 Å². The molecule has 0 radical (unpaired) electrons. The lowest BCUT2D eigenvalue weighted by Crippen LogP contribution is -2.22. The van der Waals surface area contributed by atoms with Crippen LogP contribution >= 0.6 is 12.2 Å². The molecule has 7 heteroatoms. The Bertz CT molecular complexity index is 835. The van der Waals surface area contributed by atoms with Gasteiger partial charge in [0.25, 0.3) is 0 Å². The number of carbonyl (C=O) groups is 1. The van der Waals surface area contributed by atoms with Gasteiger partial charge in [-0.1, -0.05) is 52.0 Å². The standard InChI is InChI=1S/C21H33N5OS/c1-15(2)12-25-20(11-10-19(22)27)23-26(21(25)28)14-24(5)13-17-6-8-18(9-7-17)16(3)4/h6-9,15-16H,10-14H2,1-5H3,(H2,22,27). The summed E-state index contributed by atoms with van der Waals surface area (Å²) < 4.78 is 4.57. The molecule has 1 amide bonds. The molecular weight excluding hydrogens is 370 g/mol. The Balaban J connectivity index is 2.12. The fourth-order valence-electron chi connectivity index (χ4n) is 3.14. The molecule has 0 unspecified atom stereocenters. The minimum atomic E-state index is -0.321. The maximum absolute atomic E-state index is 11.2. The first-order valence-electron chi connectivity index (χ1n) is 9.89. The number of carbonyl (C=O) groups excluding carboxylic acids is 1. The molecule has 2 rings (SSSR count). The third kappa shape index (κ3) is 6.27. The van der Waals surface area contributed by atoms with Crippen LogP contribution in [0.25, 0.3) is 0 Å². The molecule has 0 aliphatic rings. The van der Waals surface area contributed by atoms with E-state index in [1.54, 1.807) is 0 Å². The molecule has 0 spiro atoms. The van der Waals surface area contributed by atoms with E-state index in [1.165, 1.54) is 11.1 Å². The van der Waals surface area contributed by atoms with Crippen LogP contribution in [0.1, 0.15) is 57.0 Å². The highest BCUT2D eigenvalue weighted by Crippen LogP contribution is 2.16. The van der Waals surface area contributed by atoms with Gasteiger partial charge in [0.2, 0.25) is 5.91 Å². The Kier molecular flexibility index (Phi) is 7.95. The van der Waals surface area contributed by atoms with Crippen LogP contribution in [0.15, 0.2) is 24.3 Å². The van der Waals surface area contributed by atoms with Gasteiger partial charge in [-0.15, -0.1) is 0 Å². The number of hydrogen-bond donors (Lipinski definition) is 1. The molecule has 2 N–H and O–H groups in total. The number of nitrogens with two attached hydrogens (primary N) is 1. The van der Waals surface area contributed by atoms with Crippen molar-refractivity contribution in [2.45, 2.75) is 66.2 Å². The first-order chi connectivity index (χ1) is 13.2. The molecule has 0 bridgehead atoms. The molecule has 0 fully saturated rings. The number of amides is 1. The van der Waals surface area contributed by atoms with E-state index < -0.39 is 0 Å². The quantitative estimate of drug-likeness (QED) is 0.614. The number of benzene rings is 1. The number of hydrogen-bond acceptors (Lipinski definition) is 4. The topological polar surface area (TPSA) is 69.1 Å². The van der Waals surface area contributed by atoms with E-state index >= 15 is 0 Å². The summed E-state index contributed by atoms with van der Waals surface area (Å²) in [5.74, 6) is 1.48. The fourth-order valence-corrected chi connectivity index (χ4v) is 3.42. The van der Waals surface area contributed by atoms with Gasteiger partial charge in [0.1, 0.15) is 5.82 Å². The summed E-state index contributed by atoms with van der Waals surface area (Å²) in [5, 5.41) is 4.68. The summed E-state index contributed by atoms with van der Waals surface area (Å²) in [6, 6.07) is 8.75. The Labute approximate surface area is 173 Å². The van der Waals surface area contributed by atoms with Crippen LogP contribution in [-0.2, 0) is 31.0 Å². The molecular formula is C21H33N5OS. The van der Waals surface area contributed by atoms with Crippen molar-refractivity contribution in [1.29, 1.82) is 0 Å². The van der Waals surface area contributed by atoms with Crippen LogP contribution in [-0.4, -0.2) is 32.2 Å². The van der Waals surface area contributed by atoms with Crippen LogP contribution in [0.3, 0.4) is 0 Å². The minimum absolute atomic E-state index is 0.280. The third-order valence-electron chi connectivity index (χ3n) is 4.62. The lowest BCUT2D eigenvalue weighted by molar-refractivity contribution is -0.118. The molecule has 0 saturated heterocycles. The number of nitrogens with zero attached hydrogens (tertiary/aromatic N) is 4. The zero-order valence-corrected chi connectivity index (χ0v) is 18.5. The van der Waals surface area contributed by atoms with Gasteiger partial charge in [0.05, 0.1) is 6.67 Å². The Hall–Kier alpha value is -1.99. The number of aromatic nitrogens is 3. The van der Waals surface area contributed by atoms with Gasteiger partial charge in [0, 0.05) is 25.9 Å². The molecule has 0 saturated carbocycles. The predicted octanol–water partition coefficient (Wildman–Crippen LogP) is 3.70. The smallest absolute Gasteiger partial charge is 0.217 e. The first-order valence-corrected chi connectivity index (χ1v) is 10.3. The van der Waals surface area contributed by atoms with E-state index in [0.717, 1.165) is 18.9 Å². The van der Waals surface area contributed by atoms with E-state index in [1.807, 2.05) is 9.25 Å². The SMILES string of the molecule is CC(C)Cn1c(CCC(N)=O)nn(CN(C)Cc2ccc(C(C)C)cc2)c1=S. The summed E-state index contributed by atoms with van der Waals surface area (Å²) in [4.78, 5) is 13.4. The monoisotopic (exact) mass is 403 g/mol.